The summed E-state index contributed by atoms with van der Waals surface area (Å²) >= 11 is 0. The molecule has 2 aromatic carbocycles. The average Bonchev–Trinajstić information content (AvgIpc) is 3.25. The molecule has 7 heteroatoms. The SMILES string of the molecule is O=C1c2c(O)c(=O)cnn2[C@@H]([C@@H](c2ccccc2)c2ccccc2F)[C@H]2CCCN12. The summed E-state index contributed by atoms with van der Waals surface area (Å²) in [5.41, 5.74) is 0.539. The summed E-state index contributed by atoms with van der Waals surface area (Å²) in [4.78, 5) is 26.8. The van der Waals surface area contributed by atoms with E-state index < -0.39 is 29.0 Å². The molecule has 30 heavy (non-hydrogen) atoms. The van der Waals surface area contributed by atoms with E-state index in [1.165, 1.54) is 10.7 Å². The Morgan fingerprint density at radius 2 is 1.80 bits per heavy atom. The van der Waals surface area contributed by atoms with Crippen molar-refractivity contribution in [2.75, 3.05) is 6.54 Å². The summed E-state index contributed by atoms with van der Waals surface area (Å²) in [6.45, 7) is 0.529. The normalized spacial score (nSPS) is 21.2. The van der Waals surface area contributed by atoms with Gasteiger partial charge >= 0.3 is 0 Å². The van der Waals surface area contributed by atoms with E-state index >= 15 is 4.39 Å². The van der Waals surface area contributed by atoms with Crippen molar-refractivity contribution in [1.29, 1.82) is 0 Å². The van der Waals surface area contributed by atoms with Gasteiger partial charge in [0.15, 0.2) is 11.4 Å². The van der Waals surface area contributed by atoms with E-state index in [2.05, 4.69) is 5.10 Å². The summed E-state index contributed by atoms with van der Waals surface area (Å²) in [5, 5.41) is 14.7. The minimum atomic E-state index is -0.701. The van der Waals surface area contributed by atoms with Gasteiger partial charge in [-0.2, -0.15) is 5.10 Å². The smallest absolute Gasteiger partial charge is 0.276 e. The van der Waals surface area contributed by atoms with E-state index in [1.807, 2.05) is 30.3 Å². The van der Waals surface area contributed by atoms with Crippen LogP contribution in [0, 0.1) is 5.82 Å². The molecule has 0 radical (unpaired) electrons. The number of carbonyl (C=O) groups is 1. The summed E-state index contributed by atoms with van der Waals surface area (Å²) in [6.07, 6.45) is 2.56. The lowest BCUT2D eigenvalue weighted by molar-refractivity contribution is 0.0564. The Labute approximate surface area is 172 Å². The second-order valence-corrected chi connectivity index (χ2v) is 7.76. The van der Waals surface area contributed by atoms with Gasteiger partial charge in [0, 0.05) is 12.5 Å². The van der Waals surface area contributed by atoms with Crippen LogP contribution in [-0.4, -0.2) is 38.3 Å². The van der Waals surface area contributed by atoms with Gasteiger partial charge in [-0.15, -0.1) is 0 Å². The molecule has 0 spiro atoms. The van der Waals surface area contributed by atoms with Crippen LogP contribution in [-0.2, 0) is 0 Å². The van der Waals surface area contributed by atoms with Crippen LogP contribution in [0.15, 0.2) is 65.6 Å². The molecule has 1 aromatic heterocycles. The first-order valence-electron chi connectivity index (χ1n) is 9.99. The number of halogens is 1. The Kier molecular flexibility index (Phi) is 4.38. The Hall–Kier alpha value is -3.48. The van der Waals surface area contributed by atoms with E-state index in [0.717, 1.165) is 24.6 Å². The monoisotopic (exact) mass is 405 g/mol. The van der Waals surface area contributed by atoms with Crippen LogP contribution in [0.1, 0.15) is 46.4 Å². The van der Waals surface area contributed by atoms with Crippen molar-refractivity contribution in [2.24, 2.45) is 0 Å². The highest BCUT2D eigenvalue weighted by molar-refractivity contribution is 5.96. The van der Waals surface area contributed by atoms with Crippen molar-refractivity contribution < 1.29 is 14.3 Å². The number of carbonyl (C=O) groups excluding carboxylic acids is 1. The van der Waals surface area contributed by atoms with Crippen molar-refractivity contribution in [3.05, 3.63) is 93.7 Å². The van der Waals surface area contributed by atoms with Crippen molar-refractivity contribution in [3.8, 4) is 5.75 Å². The van der Waals surface area contributed by atoms with Gasteiger partial charge in [0.1, 0.15) is 5.82 Å². The Morgan fingerprint density at radius 1 is 1.07 bits per heavy atom. The molecule has 1 saturated heterocycles. The Balaban J connectivity index is 1.80. The van der Waals surface area contributed by atoms with E-state index in [4.69, 9.17) is 0 Å². The number of fused-ring (bicyclic) bond motifs is 2. The van der Waals surface area contributed by atoms with Gasteiger partial charge in [0.05, 0.1) is 18.3 Å². The molecule has 0 unspecified atom stereocenters. The van der Waals surface area contributed by atoms with Crippen LogP contribution in [0.25, 0.3) is 0 Å². The molecular weight excluding hydrogens is 385 g/mol. The summed E-state index contributed by atoms with van der Waals surface area (Å²) < 4.78 is 16.5. The maximum atomic E-state index is 15.0. The van der Waals surface area contributed by atoms with Gasteiger partial charge in [-0.05, 0) is 30.0 Å². The number of rotatable bonds is 3. The molecule has 0 aliphatic carbocycles. The standard InChI is InChI=1S/C23H20FN3O3/c24-16-10-5-4-9-15(16)19(14-7-2-1-3-8-14)20-17-11-6-12-26(17)23(30)21-22(29)18(28)13-25-27(20)21/h1-5,7-10,13,17,19-20,29H,6,11-12H2/t17-,19+,20-/m1/s1. The number of amides is 1. The molecule has 6 nitrogen and oxygen atoms in total. The first kappa shape index (κ1) is 18.5. The van der Waals surface area contributed by atoms with Gasteiger partial charge in [-0.25, -0.2) is 4.39 Å². The molecule has 3 heterocycles. The number of hydrogen-bond acceptors (Lipinski definition) is 4. The number of aromatic hydroxyl groups is 1. The zero-order valence-corrected chi connectivity index (χ0v) is 16.1. The Morgan fingerprint density at radius 3 is 2.57 bits per heavy atom. The van der Waals surface area contributed by atoms with Crippen LogP contribution in [0.4, 0.5) is 4.39 Å². The lowest BCUT2D eigenvalue weighted by Gasteiger charge is -2.42. The fourth-order valence-electron chi connectivity index (χ4n) is 4.89. The molecule has 1 amide bonds. The van der Waals surface area contributed by atoms with Crippen LogP contribution < -0.4 is 5.43 Å². The number of benzene rings is 2. The third-order valence-electron chi connectivity index (χ3n) is 6.17. The van der Waals surface area contributed by atoms with Crippen LogP contribution in [0.5, 0.6) is 5.75 Å². The molecule has 1 fully saturated rings. The van der Waals surface area contributed by atoms with Gasteiger partial charge in [0.2, 0.25) is 5.43 Å². The van der Waals surface area contributed by atoms with E-state index in [0.29, 0.717) is 12.1 Å². The minimum Gasteiger partial charge on any atom is -0.502 e. The molecule has 2 aliphatic rings. The third kappa shape index (κ3) is 2.73. The Bertz CT molecular complexity index is 1180. The number of hydrogen-bond donors (Lipinski definition) is 1. The van der Waals surface area contributed by atoms with Gasteiger partial charge in [-0.3, -0.25) is 14.3 Å². The first-order chi connectivity index (χ1) is 14.6. The van der Waals surface area contributed by atoms with Gasteiger partial charge in [-0.1, -0.05) is 48.5 Å². The summed E-state index contributed by atoms with van der Waals surface area (Å²) in [7, 11) is 0. The maximum Gasteiger partial charge on any atom is 0.276 e. The first-order valence-corrected chi connectivity index (χ1v) is 9.99. The molecule has 0 bridgehead atoms. The van der Waals surface area contributed by atoms with Crippen molar-refractivity contribution in [1.82, 2.24) is 14.7 Å². The highest BCUT2D eigenvalue weighted by atomic mass is 19.1. The molecule has 3 aromatic rings. The highest BCUT2D eigenvalue weighted by Crippen LogP contribution is 2.46. The molecule has 3 atom stereocenters. The van der Waals surface area contributed by atoms with Crippen LogP contribution >= 0.6 is 0 Å². The van der Waals surface area contributed by atoms with Gasteiger partial charge in [0.25, 0.3) is 5.91 Å². The molecule has 1 N–H and O–H groups in total. The zero-order valence-electron chi connectivity index (χ0n) is 16.1. The van der Waals surface area contributed by atoms with E-state index in [9.17, 15) is 14.7 Å². The van der Waals surface area contributed by atoms with Crippen molar-refractivity contribution in [2.45, 2.75) is 30.8 Å². The lowest BCUT2D eigenvalue weighted by atomic mass is 9.79. The zero-order chi connectivity index (χ0) is 20.8. The molecule has 5 rings (SSSR count). The second-order valence-electron chi connectivity index (χ2n) is 7.76. The predicted octanol–water partition coefficient (Wildman–Crippen LogP) is 3.08. The second kappa shape index (κ2) is 7.09. The average molecular weight is 405 g/mol. The predicted molar refractivity (Wildman–Crippen MR) is 108 cm³/mol. The van der Waals surface area contributed by atoms with Crippen LogP contribution in [0.3, 0.4) is 0 Å². The summed E-state index contributed by atoms with van der Waals surface area (Å²) in [6, 6.07) is 15.4. The molecular formula is C23H20FN3O3. The fraction of sp³-hybridized carbons (Fsp3) is 0.261. The maximum absolute atomic E-state index is 15.0. The van der Waals surface area contributed by atoms with Crippen molar-refractivity contribution in [3.63, 3.8) is 0 Å². The fourth-order valence-corrected chi connectivity index (χ4v) is 4.89. The number of aromatic nitrogens is 2. The minimum absolute atomic E-state index is 0.122. The largest absolute Gasteiger partial charge is 0.502 e. The molecule has 0 saturated carbocycles. The number of nitrogens with zero attached hydrogens (tertiary/aromatic N) is 3. The van der Waals surface area contributed by atoms with Crippen LogP contribution in [0.2, 0.25) is 0 Å². The topological polar surface area (TPSA) is 75.4 Å². The summed E-state index contributed by atoms with van der Waals surface area (Å²) in [5.74, 6) is -1.82. The molecule has 2 aliphatic heterocycles. The van der Waals surface area contributed by atoms with E-state index in [-0.39, 0.29) is 17.6 Å². The third-order valence-corrected chi connectivity index (χ3v) is 6.17. The van der Waals surface area contributed by atoms with E-state index in [1.54, 1.807) is 23.1 Å². The lowest BCUT2D eigenvalue weighted by Crippen LogP contribution is -2.51. The highest BCUT2D eigenvalue weighted by Gasteiger charge is 2.48. The quantitative estimate of drug-likeness (QED) is 0.727. The van der Waals surface area contributed by atoms with Gasteiger partial charge < -0.3 is 10.0 Å². The molecule has 152 valence electrons. The van der Waals surface area contributed by atoms with Crippen molar-refractivity contribution >= 4 is 5.91 Å².